The molecule has 2 rings (SSSR count). The van der Waals surface area contributed by atoms with Crippen molar-refractivity contribution >= 4 is 5.91 Å². The number of rotatable bonds is 7. The van der Waals surface area contributed by atoms with Gasteiger partial charge in [0, 0.05) is 45.8 Å². The van der Waals surface area contributed by atoms with E-state index in [1.54, 1.807) is 14.0 Å². The standard InChI is InChI=1S/C14H26N2O2/c1-12(17)16(13-6-7-13)11-14-5-3-8-15(14)9-4-10-18-2/h13-14H,3-11H2,1-2H3. The molecular formula is C14H26N2O2. The normalized spacial score (nSPS) is 24.4. The van der Waals surface area contributed by atoms with Crippen molar-refractivity contribution in [3.05, 3.63) is 0 Å². The van der Waals surface area contributed by atoms with E-state index in [1.165, 1.54) is 32.2 Å². The van der Waals surface area contributed by atoms with Crippen LogP contribution in [0.25, 0.3) is 0 Å². The zero-order chi connectivity index (χ0) is 13.0. The van der Waals surface area contributed by atoms with Gasteiger partial charge in [-0.2, -0.15) is 0 Å². The minimum Gasteiger partial charge on any atom is -0.385 e. The van der Waals surface area contributed by atoms with Crippen LogP contribution in [-0.4, -0.2) is 61.1 Å². The molecule has 0 N–H and O–H groups in total. The summed E-state index contributed by atoms with van der Waals surface area (Å²) in [4.78, 5) is 16.3. The van der Waals surface area contributed by atoms with Crippen molar-refractivity contribution in [1.29, 1.82) is 0 Å². The summed E-state index contributed by atoms with van der Waals surface area (Å²) in [6.07, 6.45) is 6.01. The van der Waals surface area contributed by atoms with E-state index in [2.05, 4.69) is 9.80 Å². The smallest absolute Gasteiger partial charge is 0.219 e. The highest BCUT2D eigenvalue weighted by Crippen LogP contribution is 2.29. The van der Waals surface area contributed by atoms with Crippen molar-refractivity contribution < 1.29 is 9.53 Å². The van der Waals surface area contributed by atoms with Gasteiger partial charge in [0.1, 0.15) is 0 Å². The van der Waals surface area contributed by atoms with Crippen LogP contribution < -0.4 is 0 Å². The molecule has 104 valence electrons. The van der Waals surface area contributed by atoms with Gasteiger partial charge in [-0.05, 0) is 38.6 Å². The average molecular weight is 254 g/mol. The number of hydrogen-bond acceptors (Lipinski definition) is 3. The van der Waals surface area contributed by atoms with Crippen LogP contribution in [0.1, 0.15) is 39.0 Å². The molecule has 1 saturated heterocycles. The number of nitrogens with zero attached hydrogens (tertiary/aromatic N) is 2. The van der Waals surface area contributed by atoms with Crippen molar-refractivity contribution in [3.8, 4) is 0 Å². The molecule has 1 heterocycles. The third-order valence-corrected chi connectivity index (χ3v) is 4.09. The van der Waals surface area contributed by atoms with Crippen LogP contribution in [0.4, 0.5) is 0 Å². The molecule has 0 aromatic carbocycles. The van der Waals surface area contributed by atoms with E-state index in [0.717, 1.165) is 26.1 Å². The van der Waals surface area contributed by atoms with Crippen LogP contribution in [0, 0.1) is 0 Å². The second kappa shape index (κ2) is 6.53. The SMILES string of the molecule is COCCCN1CCCC1CN(C(C)=O)C1CC1. The summed E-state index contributed by atoms with van der Waals surface area (Å²) in [6.45, 7) is 5.78. The van der Waals surface area contributed by atoms with E-state index >= 15 is 0 Å². The van der Waals surface area contributed by atoms with Crippen LogP contribution in [0.5, 0.6) is 0 Å². The van der Waals surface area contributed by atoms with E-state index < -0.39 is 0 Å². The zero-order valence-corrected chi connectivity index (χ0v) is 11.7. The fourth-order valence-corrected chi connectivity index (χ4v) is 2.96. The van der Waals surface area contributed by atoms with Gasteiger partial charge in [0.2, 0.25) is 5.91 Å². The Morgan fingerprint density at radius 2 is 2.17 bits per heavy atom. The van der Waals surface area contributed by atoms with Crippen molar-refractivity contribution in [2.45, 2.75) is 51.1 Å². The third kappa shape index (κ3) is 3.69. The number of ether oxygens (including phenoxy) is 1. The second-order valence-electron chi connectivity index (χ2n) is 5.58. The highest BCUT2D eigenvalue weighted by atomic mass is 16.5. The number of carbonyl (C=O) groups is 1. The summed E-state index contributed by atoms with van der Waals surface area (Å²) in [5.74, 6) is 0.251. The van der Waals surface area contributed by atoms with Crippen LogP contribution in [0.3, 0.4) is 0 Å². The van der Waals surface area contributed by atoms with Gasteiger partial charge in [-0.3, -0.25) is 9.69 Å². The molecule has 1 amide bonds. The lowest BCUT2D eigenvalue weighted by Crippen LogP contribution is -2.43. The number of methoxy groups -OCH3 is 1. The third-order valence-electron chi connectivity index (χ3n) is 4.09. The van der Waals surface area contributed by atoms with E-state index in [4.69, 9.17) is 4.74 Å². The molecule has 1 saturated carbocycles. The minimum atomic E-state index is 0.251. The lowest BCUT2D eigenvalue weighted by atomic mass is 10.2. The first kappa shape index (κ1) is 13.8. The predicted molar refractivity (Wildman–Crippen MR) is 71.5 cm³/mol. The summed E-state index contributed by atoms with van der Waals surface area (Å²) in [5, 5.41) is 0. The van der Waals surface area contributed by atoms with Crippen molar-refractivity contribution in [2.75, 3.05) is 33.4 Å². The van der Waals surface area contributed by atoms with E-state index in [1.807, 2.05) is 0 Å². The maximum Gasteiger partial charge on any atom is 0.219 e. The minimum absolute atomic E-state index is 0.251. The van der Waals surface area contributed by atoms with Crippen molar-refractivity contribution in [2.24, 2.45) is 0 Å². The Morgan fingerprint density at radius 3 is 2.78 bits per heavy atom. The molecular weight excluding hydrogens is 228 g/mol. The molecule has 0 aromatic heterocycles. The lowest BCUT2D eigenvalue weighted by Gasteiger charge is -2.30. The quantitative estimate of drug-likeness (QED) is 0.645. The van der Waals surface area contributed by atoms with Crippen LogP contribution in [0.15, 0.2) is 0 Å². The zero-order valence-electron chi connectivity index (χ0n) is 11.7. The van der Waals surface area contributed by atoms with Crippen molar-refractivity contribution in [3.63, 3.8) is 0 Å². The molecule has 1 aliphatic carbocycles. The number of hydrogen-bond donors (Lipinski definition) is 0. The predicted octanol–water partition coefficient (Wildman–Crippen LogP) is 1.50. The average Bonchev–Trinajstić information content (AvgIpc) is 3.08. The van der Waals surface area contributed by atoms with Crippen LogP contribution >= 0.6 is 0 Å². The van der Waals surface area contributed by atoms with E-state index in [-0.39, 0.29) is 5.91 Å². The maximum atomic E-state index is 11.7. The van der Waals surface area contributed by atoms with Crippen LogP contribution in [0.2, 0.25) is 0 Å². The maximum absolute atomic E-state index is 11.7. The van der Waals surface area contributed by atoms with Crippen LogP contribution in [-0.2, 0) is 9.53 Å². The molecule has 0 radical (unpaired) electrons. The van der Waals surface area contributed by atoms with Gasteiger partial charge in [-0.25, -0.2) is 0 Å². The molecule has 2 fully saturated rings. The molecule has 1 atom stereocenters. The van der Waals surface area contributed by atoms with Gasteiger partial charge in [-0.1, -0.05) is 0 Å². The Hall–Kier alpha value is -0.610. The lowest BCUT2D eigenvalue weighted by molar-refractivity contribution is -0.130. The molecule has 0 aromatic rings. The molecule has 4 nitrogen and oxygen atoms in total. The Bertz CT molecular complexity index is 279. The Balaban J connectivity index is 1.80. The van der Waals surface area contributed by atoms with Gasteiger partial charge >= 0.3 is 0 Å². The van der Waals surface area contributed by atoms with Gasteiger partial charge in [0.15, 0.2) is 0 Å². The fourth-order valence-electron chi connectivity index (χ4n) is 2.96. The molecule has 0 bridgehead atoms. The summed E-state index contributed by atoms with van der Waals surface area (Å²) in [6, 6.07) is 1.12. The summed E-state index contributed by atoms with van der Waals surface area (Å²) < 4.78 is 5.11. The molecule has 1 aliphatic heterocycles. The number of carbonyl (C=O) groups excluding carboxylic acids is 1. The van der Waals surface area contributed by atoms with Gasteiger partial charge in [0.25, 0.3) is 0 Å². The number of likely N-dealkylation sites (tertiary alicyclic amines) is 1. The first-order valence-corrected chi connectivity index (χ1v) is 7.22. The second-order valence-corrected chi connectivity index (χ2v) is 5.58. The van der Waals surface area contributed by atoms with Gasteiger partial charge in [-0.15, -0.1) is 0 Å². The Labute approximate surface area is 110 Å². The van der Waals surface area contributed by atoms with Gasteiger partial charge in [0.05, 0.1) is 0 Å². The molecule has 2 aliphatic rings. The molecule has 18 heavy (non-hydrogen) atoms. The van der Waals surface area contributed by atoms with Crippen molar-refractivity contribution in [1.82, 2.24) is 9.80 Å². The molecule has 4 heteroatoms. The monoisotopic (exact) mass is 254 g/mol. The number of amides is 1. The topological polar surface area (TPSA) is 32.8 Å². The Kier molecular flexibility index (Phi) is 5.01. The first-order valence-electron chi connectivity index (χ1n) is 7.22. The first-order chi connectivity index (χ1) is 8.72. The fraction of sp³-hybridized carbons (Fsp3) is 0.929. The molecule has 1 unspecified atom stereocenters. The summed E-state index contributed by atoms with van der Waals surface area (Å²) >= 11 is 0. The summed E-state index contributed by atoms with van der Waals surface area (Å²) in [7, 11) is 1.76. The molecule has 0 spiro atoms. The van der Waals surface area contributed by atoms with E-state index in [0.29, 0.717) is 12.1 Å². The van der Waals surface area contributed by atoms with Gasteiger partial charge < -0.3 is 9.64 Å². The summed E-state index contributed by atoms with van der Waals surface area (Å²) in [5.41, 5.74) is 0. The highest BCUT2D eigenvalue weighted by Gasteiger charge is 2.34. The Morgan fingerprint density at radius 1 is 1.39 bits per heavy atom. The highest BCUT2D eigenvalue weighted by molar-refractivity contribution is 5.74. The largest absolute Gasteiger partial charge is 0.385 e. The van der Waals surface area contributed by atoms with E-state index in [9.17, 15) is 4.79 Å².